The van der Waals surface area contributed by atoms with Crippen LogP contribution in [0.5, 0.6) is 5.75 Å². The Morgan fingerprint density at radius 1 is 1.14 bits per heavy atom. The largest absolute Gasteiger partial charge is 0.489 e. The molecule has 180 valence electrons. The van der Waals surface area contributed by atoms with E-state index < -0.39 is 6.04 Å². The number of para-hydroxylation sites is 1. The van der Waals surface area contributed by atoms with Crippen molar-refractivity contribution in [3.8, 4) is 5.75 Å². The molecule has 10 heteroatoms. The highest BCUT2D eigenvalue weighted by molar-refractivity contribution is 7.08. The van der Waals surface area contributed by atoms with Gasteiger partial charge in [-0.2, -0.15) is 5.10 Å². The predicted molar refractivity (Wildman–Crippen MR) is 134 cm³/mol. The predicted octanol–water partition coefficient (Wildman–Crippen LogP) is 2.74. The highest BCUT2D eigenvalue weighted by Crippen LogP contribution is 2.21. The summed E-state index contributed by atoms with van der Waals surface area (Å²) in [5.74, 6) is 0.0770. The number of H-pyrrole nitrogens is 1. The summed E-state index contributed by atoms with van der Waals surface area (Å²) in [5, 5.41) is 13.3. The van der Waals surface area contributed by atoms with Crippen molar-refractivity contribution in [1.82, 2.24) is 25.8 Å². The van der Waals surface area contributed by atoms with E-state index in [1.807, 2.05) is 37.3 Å². The van der Waals surface area contributed by atoms with Gasteiger partial charge < -0.3 is 15.4 Å². The summed E-state index contributed by atoms with van der Waals surface area (Å²) in [6.45, 7) is 2.32. The van der Waals surface area contributed by atoms with Crippen LogP contribution in [0.4, 0.5) is 0 Å². The van der Waals surface area contributed by atoms with Crippen LogP contribution in [0.25, 0.3) is 10.9 Å². The molecule has 0 radical (unpaired) electrons. The average molecular weight is 492 g/mol. The van der Waals surface area contributed by atoms with Crippen molar-refractivity contribution in [3.63, 3.8) is 0 Å². The molecule has 3 N–H and O–H groups in total. The van der Waals surface area contributed by atoms with Gasteiger partial charge in [0.2, 0.25) is 5.91 Å². The quantitative estimate of drug-likeness (QED) is 0.331. The standard InChI is InChI=1S/C25H25N5O4S/c1-15-11-17(20-5-3-4-6-21(20)27-15)14-34-19-9-7-16(8-10-19)24(32)28-18(12-22(31)26-2)13-23-29-30-25(33)35-23/h3-11,18H,12-14H2,1-2H3,(H,26,31)(H,28,32)(H,30,33). The Labute approximate surface area is 205 Å². The lowest BCUT2D eigenvalue weighted by molar-refractivity contribution is -0.121. The maximum atomic E-state index is 12.8. The van der Waals surface area contributed by atoms with E-state index >= 15 is 0 Å². The molecule has 0 fully saturated rings. The molecule has 1 unspecified atom stereocenters. The second-order valence-corrected chi connectivity index (χ2v) is 9.06. The van der Waals surface area contributed by atoms with Crippen LogP contribution in [0.1, 0.15) is 33.0 Å². The zero-order chi connectivity index (χ0) is 24.8. The highest BCUT2D eigenvalue weighted by atomic mass is 32.1. The number of carbonyl (C=O) groups excluding carboxylic acids is 2. The molecule has 4 aromatic rings. The minimum atomic E-state index is -0.513. The first-order valence-corrected chi connectivity index (χ1v) is 11.9. The van der Waals surface area contributed by atoms with Crippen LogP contribution in [-0.4, -0.2) is 40.1 Å². The van der Waals surface area contributed by atoms with Crippen molar-refractivity contribution in [1.29, 1.82) is 0 Å². The number of fused-ring (bicyclic) bond motifs is 1. The maximum Gasteiger partial charge on any atom is 0.322 e. The van der Waals surface area contributed by atoms with Crippen molar-refractivity contribution in [2.75, 3.05) is 7.05 Å². The molecule has 1 atom stereocenters. The lowest BCUT2D eigenvalue weighted by Gasteiger charge is -2.17. The summed E-state index contributed by atoms with van der Waals surface area (Å²) in [5.41, 5.74) is 3.31. The topological polar surface area (TPSA) is 126 Å². The Hall–Kier alpha value is -4.05. The molecule has 4 rings (SSSR count). The van der Waals surface area contributed by atoms with E-state index in [9.17, 15) is 14.4 Å². The van der Waals surface area contributed by atoms with E-state index in [1.54, 1.807) is 24.3 Å². The van der Waals surface area contributed by atoms with Crippen LogP contribution in [-0.2, 0) is 17.8 Å². The van der Waals surface area contributed by atoms with Gasteiger partial charge in [0.25, 0.3) is 5.91 Å². The smallest absolute Gasteiger partial charge is 0.322 e. The van der Waals surface area contributed by atoms with Crippen molar-refractivity contribution in [2.45, 2.75) is 32.4 Å². The van der Waals surface area contributed by atoms with Crippen molar-refractivity contribution >= 4 is 34.1 Å². The monoisotopic (exact) mass is 491 g/mol. The van der Waals surface area contributed by atoms with Gasteiger partial charge in [-0.1, -0.05) is 29.5 Å². The number of benzene rings is 2. The zero-order valence-corrected chi connectivity index (χ0v) is 20.1. The fourth-order valence-corrected chi connectivity index (χ4v) is 4.39. The van der Waals surface area contributed by atoms with Crippen LogP contribution >= 0.6 is 11.3 Å². The van der Waals surface area contributed by atoms with Gasteiger partial charge in [-0.15, -0.1) is 0 Å². The van der Waals surface area contributed by atoms with Crippen molar-refractivity contribution in [3.05, 3.63) is 86.1 Å². The molecule has 2 aromatic carbocycles. The first-order valence-electron chi connectivity index (χ1n) is 11.0. The third-order valence-electron chi connectivity index (χ3n) is 5.39. The molecule has 0 bridgehead atoms. The molecule has 0 saturated heterocycles. The second-order valence-electron chi connectivity index (χ2n) is 8.01. The average Bonchev–Trinajstić information content (AvgIpc) is 3.26. The molecular weight excluding hydrogens is 466 g/mol. The number of carbonyl (C=O) groups is 2. The SMILES string of the molecule is CNC(=O)CC(Cc1n[nH]c(=O)s1)NC(=O)c1ccc(OCc2cc(C)nc3ccccc23)cc1. The number of nitrogens with zero attached hydrogens (tertiary/aromatic N) is 2. The Morgan fingerprint density at radius 3 is 2.63 bits per heavy atom. The van der Waals surface area contributed by atoms with Crippen molar-refractivity contribution in [2.24, 2.45) is 0 Å². The van der Waals surface area contributed by atoms with Crippen LogP contribution < -0.4 is 20.2 Å². The number of hydrogen-bond donors (Lipinski definition) is 3. The molecule has 2 aromatic heterocycles. The van der Waals surface area contributed by atoms with E-state index in [1.165, 1.54) is 7.05 Å². The van der Waals surface area contributed by atoms with Crippen LogP contribution in [0.2, 0.25) is 0 Å². The normalized spacial score (nSPS) is 11.7. The van der Waals surface area contributed by atoms with Gasteiger partial charge in [-0.05, 0) is 43.3 Å². The summed E-state index contributed by atoms with van der Waals surface area (Å²) in [4.78, 5) is 40.4. The molecule has 2 amide bonds. The summed E-state index contributed by atoms with van der Waals surface area (Å²) in [6, 6.07) is 16.2. The Balaban J connectivity index is 1.41. The maximum absolute atomic E-state index is 12.8. The number of hydrogen-bond acceptors (Lipinski definition) is 7. The second kappa shape index (κ2) is 10.9. The van der Waals surface area contributed by atoms with Gasteiger partial charge in [-0.25, -0.2) is 5.10 Å². The van der Waals surface area contributed by atoms with Gasteiger partial charge in [0.15, 0.2) is 0 Å². The van der Waals surface area contributed by atoms with E-state index in [0.29, 0.717) is 22.9 Å². The van der Waals surface area contributed by atoms with Crippen molar-refractivity contribution < 1.29 is 14.3 Å². The van der Waals surface area contributed by atoms with Gasteiger partial charge in [0, 0.05) is 48.1 Å². The van der Waals surface area contributed by atoms with Crippen LogP contribution in [0.3, 0.4) is 0 Å². The fraction of sp³-hybridized carbons (Fsp3) is 0.240. The lowest BCUT2D eigenvalue weighted by atomic mass is 10.1. The molecule has 0 aliphatic heterocycles. The lowest BCUT2D eigenvalue weighted by Crippen LogP contribution is -2.40. The Kier molecular flexibility index (Phi) is 7.51. The van der Waals surface area contributed by atoms with Crippen LogP contribution in [0.15, 0.2) is 59.4 Å². The molecule has 0 aliphatic carbocycles. The van der Waals surface area contributed by atoms with E-state index in [4.69, 9.17) is 4.74 Å². The number of rotatable bonds is 9. The first-order chi connectivity index (χ1) is 16.9. The molecule has 2 heterocycles. The van der Waals surface area contributed by atoms with Crippen LogP contribution in [0, 0.1) is 6.92 Å². The van der Waals surface area contributed by atoms with Gasteiger partial charge >= 0.3 is 4.87 Å². The van der Waals surface area contributed by atoms with E-state index in [-0.39, 0.29) is 29.5 Å². The number of aromatic nitrogens is 3. The van der Waals surface area contributed by atoms with E-state index in [2.05, 4.69) is 25.8 Å². The molecule has 35 heavy (non-hydrogen) atoms. The zero-order valence-electron chi connectivity index (χ0n) is 19.3. The summed E-state index contributed by atoms with van der Waals surface area (Å²) < 4.78 is 5.97. The number of amides is 2. The summed E-state index contributed by atoms with van der Waals surface area (Å²) in [7, 11) is 1.53. The number of ether oxygens (including phenoxy) is 1. The summed E-state index contributed by atoms with van der Waals surface area (Å²) >= 11 is 0.955. The van der Waals surface area contributed by atoms with Gasteiger partial charge in [0.05, 0.1) is 5.52 Å². The minimum absolute atomic E-state index is 0.0660. The number of aryl methyl sites for hydroxylation is 1. The highest BCUT2D eigenvalue weighted by Gasteiger charge is 2.19. The molecule has 0 spiro atoms. The Bertz CT molecular complexity index is 1400. The summed E-state index contributed by atoms with van der Waals surface area (Å²) in [6.07, 6.45) is 0.333. The number of aromatic amines is 1. The third kappa shape index (κ3) is 6.30. The molecule has 9 nitrogen and oxygen atoms in total. The third-order valence-corrected chi connectivity index (χ3v) is 6.16. The minimum Gasteiger partial charge on any atom is -0.489 e. The van der Waals surface area contributed by atoms with Gasteiger partial charge in [-0.3, -0.25) is 19.4 Å². The first kappa shape index (κ1) is 24.1. The number of pyridine rings is 1. The van der Waals surface area contributed by atoms with Gasteiger partial charge in [0.1, 0.15) is 17.4 Å². The molecule has 0 saturated carbocycles. The van der Waals surface area contributed by atoms with E-state index in [0.717, 1.165) is 33.5 Å². The fourth-order valence-electron chi connectivity index (χ4n) is 3.71. The molecular formula is C25H25N5O4S. The Morgan fingerprint density at radius 2 is 1.91 bits per heavy atom. The molecule has 0 aliphatic rings. The number of nitrogens with one attached hydrogen (secondary N) is 3.